The first-order valence-corrected chi connectivity index (χ1v) is 8.08. The van der Waals surface area contributed by atoms with Gasteiger partial charge in [0, 0.05) is 31.1 Å². The van der Waals surface area contributed by atoms with Crippen LogP contribution in [-0.2, 0) is 6.54 Å². The van der Waals surface area contributed by atoms with Gasteiger partial charge in [-0.1, -0.05) is 5.16 Å². The predicted octanol–water partition coefficient (Wildman–Crippen LogP) is 1.11. The van der Waals surface area contributed by atoms with Crippen LogP contribution >= 0.6 is 0 Å². The van der Waals surface area contributed by atoms with Gasteiger partial charge < -0.3 is 14.3 Å². The van der Waals surface area contributed by atoms with Gasteiger partial charge in [-0.3, -0.25) is 9.59 Å². The Morgan fingerprint density at radius 1 is 1.19 bits per heavy atom. The summed E-state index contributed by atoms with van der Waals surface area (Å²) in [6.45, 7) is 0.389. The average molecular weight is 366 g/mol. The molecule has 27 heavy (non-hydrogen) atoms. The van der Waals surface area contributed by atoms with Crippen LogP contribution in [0.4, 0.5) is 0 Å². The van der Waals surface area contributed by atoms with Crippen LogP contribution in [0.15, 0.2) is 68.8 Å². The van der Waals surface area contributed by atoms with Gasteiger partial charge in [0.05, 0.1) is 12.8 Å². The third-order valence-corrected chi connectivity index (χ3v) is 3.71. The summed E-state index contributed by atoms with van der Waals surface area (Å²) in [6.07, 6.45) is 4.84. The minimum atomic E-state index is -0.423. The number of amides is 1. The fourth-order valence-corrected chi connectivity index (χ4v) is 2.41. The van der Waals surface area contributed by atoms with Crippen LogP contribution in [0.5, 0.6) is 0 Å². The molecule has 0 aromatic carbocycles. The number of carbonyl (C=O) groups excluding carboxylic acids is 1. The standard InChI is InChI=1S/C17H14N6O4/c24-16-5-4-15(22-8-2-6-19-22)20-23(16)9-7-18-17(25)12-11-14(27-21-12)13-3-1-10-26-13/h1-6,8,10-11H,7,9H2,(H,18,25). The van der Waals surface area contributed by atoms with Crippen LogP contribution in [0, 0.1) is 0 Å². The lowest BCUT2D eigenvalue weighted by Gasteiger charge is -2.07. The molecule has 0 spiro atoms. The molecule has 0 unspecified atom stereocenters. The second-order valence-corrected chi connectivity index (χ2v) is 5.51. The highest BCUT2D eigenvalue weighted by Crippen LogP contribution is 2.20. The number of nitrogens with one attached hydrogen (secondary N) is 1. The number of hydrogen-bond donors (Lipinski definition) is 1. The fraction of sp³-hybridized carbons (Fsp3) is 0.118. The average Bonchev–Trinajstić information content (AvgIpc) is 3.43. The van der Waals surface area contributed by atoms with E-state index in [0.29, 0.717) is 17.3 Å². The Morgan fingerprint density at radius 3 is 2.89 bits per heavy atom. The van der Waals surface area contributed by atoms with Crippen molar-refractivity contribution < 1.29 is 13.7 Å². The molecular formula is C17H14N6O4. The molecule has 0 aliphatic rings. The van der Waals surface area contributed by atoms with Crippen LogP contribution in [0.2, 0.25) is 0 Å². The Kier molecular flexibility index (Phi) is 4.35. The molecule has 0 bridgehead atoms. The van der Waals surface area contributed by atoms with E-state index in [1.165, 1.54) is 23.1 Å². The van der Waals surface area contributed by atoms with Gasteiger partial charge in [0.1, 0.15) is 0 Å². The van der Waals surface area contributed by atoms with E-state index in [1.54, 1.807) is 41.3 Å². The molecule has 4 aromatic rings. The maximum atomic E-state index is 12.2. The monoisotopic (exact) mass is 366 g/mol. The van der Waals surface area contributed by atoms with Gasteiger partial charge in [-0.05, 0) is 24.3 Å². The molecule has 0 fully saturated rings. The highest BCUT2D eigenvalue weighted by Gasteiger charge is 2.15. The van der Waals surface area contributed by atoms with Gasteiger partial charge in [-0.15, -0.1) is 5.10 Å². The molecular weight excluding hydrogens is 352 g/mol. The van der Waals surface area contributed by atoms with Gasteiger partial charge in [0.25, 0.3) is 11.5 Å². The van der Waals surface area contributed by atoms with E-state index >= 15 is 0 Å². The molecule has 1 amide bonds. The van der Waals surface area contributed by atoms with Crippen molar-refractivity contribution in [2.24, 2.45) is 0 Å². The van der Waals surface area contributed by atoms with Gasteiger partial charge in [0.15, 0.2) is 17.3 Å². The van der Waals surface area contributed by atoms with Crippen LogP contribution in [0.1, 0.15) is 10.5 Å². The van der Waals surface area contributed by atoms with Crippen molar-refractivity contribution in [2.75, 3.05) is 6.54 Å². The maximum absolute atomic E-state index is 12.2. The summed E-state index contributed by atoms with van der Waals surface area (Å²) in [7, 11) is 0. The van der Waals surface area contributed by atoms with E-state index in [0.717, 1.165) is 0 Å². The van der Waals surface area contributed by atoms with Gasteiger partial charge in [-0.25, -0.2) is 9.36 Å². The van der Waals surface area contributed by atoms with Crippen molar-refractivity contribution in [1.29, 1.82) is 0 Å². The van der Waals surface area contributed by atoms with Gasteiger partial charge in [-0.2, -0.15) is 5.10 Å². The van der Waals surface area contributed by atoms with E-state index in [1.807, 2.05) is 0 Å². The molecule has 0 saturated heterocycles. The Labute approximate surface area is 152 Å². The summed E-state index contributed by atoms with van der Waals surface area (Å²) in [5.74, 6) is 0.918. The lowest BCUT2D eigenvalue weighted by molar-refractivity contribution is 0.0942. The minimum absolute atomic E-state index is 0.118. The summed E-state index contributed by atoms with van der Waals surface area (Å²) >= 11 is 0. The summed E-state index contributed by atoms with van der Waals surface area (Å²) in [5.41, 5.74) is -0.159. The number of hydrogen-bond acceptors (Lipinski definition) is 7. The minimum Gasteiger partial charge on any atom is -0.461 e. The van der Waals surface area contributed by atoms with Crippen molar-refractivity contribution in [1.82, 2.24) is 30.0 Å². The summed E-state index contributed by atoms with van der Waals surface area (Å²) in [4.78, 5) is 24.1. The Morgan fingerprint density at radius 2 is 2.11 bits per heavy atom. The molecule has 0 aliphatic carbocycles. The molecule has 10 heteroatoms. The summed E-state index contributed by atoms with van der Waals surface area (Å²) in [5, 5.41) is 14.7. The molecule has 1 N–H and O–H groups in total. The zero-order valence-corrected chi connectivity index (χ0v) is 14.0. The van der Waals surface area contributed by atoms with Crippen molar-refractivity contribution in [3.8, 4) is 17.3 Å². The largest absolute Gasteiger partial charge is 0.461 e. The van der Waals surface area contributed by atoms with Crippen LogP contribution in [0.25, 0.3) is 17.3 Å². The predicted molar refractivity (Wildman–Crippen MR) is 92.2 cm³/mol. The van der Waals surface area contributed by atoms with Crippen molar-refractivity contribution in [3.05, 3.63) is 71.1 Å². The number of furan rings is 1. The van der Waals surface area contributed by atoms with Crippen LogP contribution in [0.3, 0.4) is 0 Å². The SMILES string of the molecule is O=C(NCCn1nc(-n2cccn2)ccc1=O)c1cc(-c2ccco2)on1. The fourth-order valence-electron chi connectivity index (χ4n) is 2.41. The van der Waals surface area contributed by atoms with Gasteiger partial charge >= 0.3 is 0 Å². The lowest BCUT2D eigenvalue weighted by atomic mass is 10.3. The van der Waals surface area contributed by atoms with Crippen molar-refractivity contribution >= 4 is 5.91 Å². The van der Waals surface area contributed by atoms with E-state index < -0.39 is 5.91 Å². The third-order valence-electron chi connectivity index (χ3n) is 3.71. The second kappa shape index (κ2) is 7.12. The lowest BCUT2D eigenvalue weighted by Crippen LogP contribution is -2.32. The number of rotatable bonds is 6. The smallest absolute Gasteiger partial charge is 0.273 e. The zero-order valence-electron chi connectivity index (χ0n) is 14.0. The third kappa shape index (κ3) is 3.54. The molecule has 10 nitrogen and oxygen atoms in total. The zero-order chi connectivity index (χ0) is 18.6. The first-order valence-electron chi connectivity index (χ1n) is 8.08. The molecule has 136 valence electrons. The number of nitrogens with zero attached hydrogens (tertiary/aromatic N) is 5. The molecule has 4 rings (SSSR count). The molecule has 0 saturated carbocycles. The maximum Gasteiger partial charge on any atom is 0.273 e. The molecule has 4 aromatic heterocycles. The Balaban J connectivity index is 1.39. The van der Waals surface area contributed by atoms with E-state index in [2.05, 4.69) is 20.7 Å². The first-order chi connectivity index (χ1) is 13.2. The second-order valence-electron chi connectivity index (χ2n) is 5.51. The van der Waals surface area contributed by atoms with E-state index in [-0.39, 0.29) is 24.3 Å². The number of carbonyl (C=O) groups is 1. The highest BCUT2D eigenvalue weighted by molar-refractivity contribution is 5.92. The van der Waals surface area contributed by atoms with Gasteiger partial charge in [0.2, 0.25) is 5.76 Å². The normalized spacial score (nSPS) is 10.8. The van der Waals surface area contributed by atoms with Crippen molar-refractivity contribution in [3.63, 3.8) is 0 Å². The molecule has 0 atom stereocenters. The van der Waals surface area contributed by atoms with Crippen molar-refractivity contribution in [2.45, 2.75) is 6.54 Å². The quantitative estimate of drug-likeness (QED) is 0.542. The summed E-state index contributed by atoms with van der Waals surface area (Å²) in [6, 6.07) is 9.63. The Hall–Kier alpha value is -3.95. The topological polar surface area (TPSA) is 121 Å². The first kappa shape index (κ1) is 16.5. The highest BCUT2D eigenvalue weighted by atomic mass is 16.5. The van der Waals surface area contributed by atoms with E-state index in [9.17, 15) is 9.59 Å². The Bertz CT molecular complexity index is 1090. The van der Waals surface area contributed by atoms with Crippen LogP contribution < -0.4 is 10.9 Å². The van der Waals surface area contributed by atoms with E-state index in [4.69, 9.17) is 8.94 Å². The molecule has 0 radical (unpaired) electrons. The number of aromatic nitrogens is 5. The van der Waals surface area contributed by atoms with Crippen LogP contribution in [-0.4, -0.2) is 37.2 Å². The summed E-state index contributed by atoms with van der Waals surface area (Å²) < 4.78 is 13.1. The molecule has 0 aliphatic heterocycles. The molecule has 4 heterocycles.